The van der Waals surface area contributed by atoms with Crippen molar-refractivity contribution in [2.75, 3.05) is 27.5 Å². The molecule has 0 saturated carbocycles. The molecule has 0 aliphatic carbocycles. The molecule has 52 valence electrons. The SMILES string of the molecule is COPC.COPC. The van der Waals surface area contributed by atoms with Crippen LogP contribution in [-0.2, 0) is 9.05 Å². The lowest BCUT2D eigenvalue weighted by Crippen LogP contribution is -1.49. The first-order chi connectivity index (χ1) is 3.83. The highest BCUT2D eigenvalue weighted by Gasteiger charge is 1.51. The van der Waals surface area contributed by atoms with Crippen LogP contribution in [-0.4, -0.2) is 27.5 Å². The van der Waals surface area contributed by atoms with Crippen LogP contribution in [0, 0.1) is 0 Å². The highest BCUT2D eigenvalue weighted by Crippen LogP contribution is 1.97. The third kappa shape index (κ3) is 29.3. The largest absolute Gasteiger partial charge is 0.366 e. The Hall–Kier alpha value is 0.780. The van der Waals surface area contributed by atoms with Gasteiger partial charge in [-0.1, -0.05) is 0 Å². The Morgan fingerprint density at radius 2 is 1.00 bits per heavy atom. The molecular weight excluding hydrogens is 142 g/mol. The maximum absolute atomic E-state index is 4.57. The average Bonchev–Trinajstić information content (AvgIpc) is 1.88. The van der Waals surface area contributed by atoms with Gasteiger partial charge in [-0.15, -0.1) is 0 Å². The van der Waals surface area contributed by atoms with Crippen LogP contribution in [0.4, 0.5) is 0 Å². The van der Waals surface area contributed by atoms with Gasteiger partial charge in [-0.2, -0.15) is 0 Å². The summed E-state index contributed by atoms with van der Waals surface area (Å²) in [6.07, 6.45) is 0. The Balaban J connectivity index is 0. The van der Waals surface area contributed by atoms with Crippen LogP contribution in [0.5, 0.6) is 0 Å². The zero-order valence-corrected chi connectivity index (χ0v) is 7.82. The first-order valence-electron chi connectivity index (χ1n) is 2.22. The third-order valence-corrected chi connectivity index (χ3v) is 1.22. The van der Waals surface area contributed by atoms with Crippen LogP contribution in [0.3, 0.4) is 0 Å². The molecule has 0 aromatic carbocycles. The van der Waals surface area contributed by atoms with Crippen LogP contribution in [0.1, 0.15) is 0 Å². The minimum atomic E-state index is 0.640. The van der Waals surface area contributed by atoms with Crippen molar-refractivity contribution in [3.8, 4) is 0 Å². The van der Waals surface area contributed by atoms with E-state index in [0.29, 0.717) is 17.6 Å². The Bertz CT molecular complexity index is 20.0. The minimum Gasteiger partial charge on any atom is -0.366 e. The van der Waals surface area contributed by atoms with Gasteiger partial charge in [0, 0.05) is 31.8 Å². The number of rotatable bonds is 2. The molecule has 0 spiro atoms. The number of hydrogen-bond donors (Lipinski definition) is 0. The molecule has 2 unspecified atom stereocenters. The Labute approximate surface area is 55.1 Å². The molecule has 8 heavy (non-hydrogen) atoms. The van der Waals surface area contributed by atoms with E-state index in [2.05, 4.69) is 9.05 Å². The van der Waals surface area contributed by atoms with Gasteiger partial charge >= 0.3 is 0 Å². The van der Waals surface area contributed by atoms with E-state index in [1.54, 1.807) is 14.2 Å². The van der Waals surface area contributed by atoms with Crippen molar-refractivity contribution >= 4 is 17.6 Å². The minimum absolute atomic E-state index is 0.640. The van der Waals surface area contributed by atoms with Crippen molar-refractivity contribution in [3.05, 3.63) is 0 Å². The van der Waals surface area contributed by atoms with Crippen molar-refractivity contribution < 1.29 is 9.05 Å². The van der Waals surface area contributed by atoms with Crippen molar-refractivity contribution in [1.82, 2.24) is 0 Å². The summed E-state index contributed by atoms with van der Waals surface area (Å²) in [7, 11) is 4.67. The van der Waals surface area contributed by atoms with E-state index >= 15 is 0 Å². The smallest absolute Gasteiger partial charge is 0.0394 e. The van der Waals surface area contributed by atoms with Gasteiger partial charge in [-0.25, -0.2) is 0 Å². The fourth-order valence-electron chi connectivity index (χ4n) is 0. The van der Waals surface area contributed by atoms with Gasteiger partial charge in [0.1, 0.15) is 0 Å². The molecule has 2 nitrogen and oxygen atoms in total. The molecule has 4 heteroatoms. The maximum atomic E-state index is 4.57. The monoisotopic (exact) mass is 156 g/mol. The Morgan fingerprint density at radius 3 is 1.00 bits per heavy atom. The molecule has 0 fully saturated rings. The predicted octanol–water partition coefficient (Wildman–Crippen LogP) is 1.71. The van der Waals surface area contributed by atoms with E-state index in [4.69, 9.17) is 0 Å². The molecule has 0 N–H and O–H groups in total. The van der Waals surface area contributed by atoms with Crippen LogP contribution < -0.4 is 0 Å². The Kier molecular flexibility index (Phi) is 22.6. The molecule has 0 aliphatic heterocycles. The van der Waals surface area contributed by atoms with Gasteiger partial charge in [0.05, 0.1) is 0 Å². The summed E-state index contributed by atoms with van der Waals surface area (Å²) in [5, 5.41) is 0. The molecule has 0 aromatic heterocycles. The van der Waals surface area contributed by atoms with Gasteiger partial charge in [-0.3, -0.25) is 0 Å². The van der Waals surface area contributed by atoms with Gasteiger partial charge < -0.3 is 9.05 Å². The molecule has 0 radical (unpaired) electrons. The second-order valence-electron chi connectivity index (χ2n) is 0.816. The summed E-state index contributed by atoms with van der Waals surface area (Å²) in [5.41, 5.74) is 0. The van der Waals surface area contributed by atoms with Crippen molar-refractivity contribution in [3.63, 3.8) is 0 Å². The molecule has 2 atom stereocenters. The molecule has 0 amide bonds. The molecule has 0 heterocycles. The maximum Gasteiger partial charge on any atom is 0.0394 e. The molecular formula is C4H14O2P2. The summed E-state index contributed by atoms with van der Waals surface area (Å²) < 4.78 is 9.14. The summed E-state index contributed by atoms with van der Waals surface area (Å²) in [5.74, 6) is 0. The number of hydrogen-bond acceptors (Lipinski definition) is 2. The third-order valence-electron chi connectivity index (χ3n) is 0.408. The predicted molar refractivity (Wildman–Crippen MR) is 42.5 cm³/mol. The van der Waals surface area contributed by atoms with Gasteiger partial charge in [0.25, 0.3) is 0 Å². The van der Waals surface area contributed by atoms with E-state index in [1.165, 1.54) is 0 Å². The van der Waals surface area contributed by atoms with E-state index in [0.717, 1.165) is 0 Å². The van der Waals surface area contributed by atoms with Crippen LogP contribution in [0.2, 0.25) is 0 Å². The summed E-state index contributed by atoms with van der Waals surface area (Å²) >= 11 is 0. The van der Waals surface area contributed by atoms with Gasteiger partial charge in [-0.05, 0) is 13.3 Å². The lowest BCUT2D eigenvalue weighted by molar-refractivity contribution is 0.479. The highest BCUT2D eigenvalue weighted by molar-refractivity contribution is 7.31. The summed E-state index contributed by atoms with van der Waals surface area (Å²) in [4.78, 5) is 0. The van der Waals surface area contributed by atoms with Crippen LogP contribution in [0.15, 0.2) is 0 Å². The molecule has 0 bridgehead atoms. The Morgan fingerprint density at radius 1 is 0.875 bits per heavy atom. The quantitative estimate of drug-likeness (QED) is 0.566. The zero-order chi connectivity index (χ0) is 6.83. The first-order valence-corrected chi connectivity index (χ1v) is 5.04. The van der Waals surface area contributed by atoms with Crippen molar-refractivity contribution in [1.29, 1.82) is 0 Å². The van der Waals surface area contributed by atoms with E-state index in [1.807, 2.05) is 13.3 Å². The fraction of sp³-hybridized carbons (Fsp3) is 1.00. The molecule has 0 saturated heterocycles. The topological polar surface area (TPSA) is 18.5 Å². The summed E-state index contributed by atoms with van der Waals surface area (Å²) in [6.45, 7) is 3.97. The molecule has 0 rings (SSSR count). The average molecular weight is 156 g/mol. The van der Waals surface area contributed by atoms with Crippen molar-refractivity contribution in [2.24, 2.45) is 0 Å². The second-order valence-corrected chi connectivity index (χ2v) is 2.45. The second kappa shape index (κ2) is 15.7. The van der Waals surface area contributed by atoms with E-state index < -0.39 is 0 Å². The zero-order valence-electron chi connectivity index (χ0n) is 5.82. The normalized spacial score (nSPS) is 10.5. The highest BCUT2D eigenvalue weighted by atomic mass is 31.1. The van der Waals surface area contributed by atoms with Crippen LogP contribution in [0.25, 0.3) is 0 Å². The fourth-order valence-corrected chi connectivity index (χ4v) is 0. The van der Waals surface area contributed by atoms with E-state index in [-0.39, 0.29) is 0 Å². The van der Waals surface area contributed by atoms with Crippen molar-refractivity contribution in [2.45, 2.75) is 0 Å². The van der Waals surface area contributed by atoms with Crippen LogP contribution >= 0.6 is 17.6 Å². The summed E-state index contributed by atoms with van der Waals surface area (Å²) in [6, 6.07) is 0. The standard InChI is InChI=1S/2C2H7OP/c2*1-3-4-2/h2*4H,1-2H3. The molecule has 0 aromatic rings. The molecule has 0 aliphatic rings. The lowest BCUT2D eigenvalue weighted by Gasteiger charge is -1.76. The lowest BCUT2D eigenvalue weighted by atomic mass is 11.8. The first kappa shape index (κ1) is 11.6. The van der Waals surface area contributed by atoms with Gasteiger partial charge in [0.2, 0.25) is 0 Å². The van der Waals surface area contributed by atoms with Gasteiger partial charge in [0.15, 0.2) is 0 Å². The van der Waals surface area contributed by atoms with E-state index in [9.17, 15) is 0 Å².